The number of carbonyl (C=O) groups excluding carboxylic acids is 1. The van der Waals surface area contributed by atoms with Crippen molar-refractivity contribution in [2.24, 2.45) is 5.92 Å². The second-order valence-electron chi connectivity index (χ2n) is 10.5. The molecule has 2 saturated heterocycles. The molecule has 0 unspecified atom stereocenters. The average molecular weight is 587 g/mol. The Balaban J connectivity index is 1.10. The summed E-state index contributed by atoms with van der Waals surface area (Å²) in [5.41, 5.74) is 8.03. The molecular weight excluding hydrogens is 553 g/mol. The van der Waals surface area contributed by atoms with E-state index in [-0.39, 0.29) is 15.7 Å². The van der Waals surface area contributed by atoms with Crippen LogP contribution in [0.25, 0.3) is 0 Å². The highest BCUT2D eigenvalue weighted by molar-refractivity contribution is 7.91. The molecule has 39 heavy (non-hydrogen) atoms. The van der Waals surface area contributed by atoms with Crippen LogP contribution in [0.3, 0.4) is 0 Å². The Bertz CT molecular complexity index is 1430. The van der Waals surface area contributed by atoms with Crippen LogP contribution in [0.15, 0.2) is 76.5 Å². The van der Waals surface area contributed by atoms with E-state index in [1.54, 1.807) is 48.5 Å². The van der Waals surface area contributed by atoms with E-state index in [0.29, 0.717) is 33.3 Å². The van der Waals surface area contributed by atoms with Gasteiger partial charge in [0.15, 0.2) is 0 Å². The SMILES string of the molecule is Nc1c(Cl)cccc1C(=O)N1CCC(N2CCC(Cc3ccc(S(=O)(=O)c4cccc(Cl)c4)cc3)CC2)CC1. The number of amides is 1. The Kier molecular flexibility index (Phi) is 8.52. The lowest BCUT2D eigenvalue weighted by molar-refractivity contribution is 0.0553. The second kappa shape index (κ2) is 11.9. The van der Waals surface area contributed by atoms with Crippen molar-refractivity contribution >= 4 is 44.6 Å². The highest BCUT2D eigenvalue weighted by Gasteiger charge is 2.30. The van der Waals surface area contributed by atoms with E-state index in [1.807, 2.05) is 17.0 Å². The molecule has 2 aliphatic heterocycles. The lowest BCUT2D eigenvalue weighted by Crippen LogP contribution is -2.49. The molecule has 2 aliphatic rings. The third kappa shape index (κ3) is 6.27. The number of nitrogens with two attached hydrogens (primary N) is 1. The maximum Gasteiger partial charge on any atom is 0.255 e. The molecule has 6 nitrogen and oxygen atoms in total. The van der Waals surface area contributed by atoms with E-state index >= 15 is 0 Å². The fraction of sp³-hybridized carbons (Fsp3) is 0.367. The topological polar surface area (TPSA) is 83.7 Å². The monoisotopic (exact) mass is 585 g/mol. The number of para-hydroxylation sites is 1. The molecule has 206 valence electrons. The minimum absolute atomic E-state index is 0.0430. The van der Waals surface area contributed by atoms with Crippen LogP contribution in [0.4, 0.5) is 5.69 Å². The maximum absolute atomic E-state index is 13.0. The fourth-order valence-corrected chi connectivity index (χ4v) is 7.49. The normalized spacial score (nSPS) is 17.8. The number of anilines is 1. The minimum atomic E-state index is -3.59. The third-order valence-corrected chi connectivity index (χ3v) is 10.4. The molecule has 1 amide bonds. The zero-order chi connectivity index (χ0) is 27.6. The van der Waals surface area contributed by atoms with Gasteiger partial charge in [-0.2, -0.15) is 0 Å². The van der Waals surface area contributed by atoms with Crippen molar-refractivity contribution in [2.45, 2.75) is 47.9 Å². The van der Waals surface area contributed by atoms with Gasteiger partial charge in [0.2, 0.25) is 9.84 Å². The number of sulfone groups is 1. The number of carbonyl (C=O) groups is 1. The average Bonchev–Trinajstić information content (AvgIpc) is 2.95. The molecule has 2 heterocycles. The number of nitrogens with zero attached hydrogens (tertiary/aromatic N) is 2. The van der Waals surface area contributed by atoms with Crippen molar-refractivity contribution in [3.63, 3.8) is 0 Å². The number of likely N-dealkylation sites (tertiary alicyclic amines) is 2. The molecule has 9 heteroatoms. The van der Waals surface area contributed by atoms with Crippen LogP contribution >= 0.6 is 23.2 Å². The quantitative estimate of drug-likeness (QED) is 0.360. The van der Waals surface area contributed by atoms with Gasteiger partial charge in [0.25, 0.3) is 5.91 Å². The third-order valence-electron chi connectivity index (χ3n) is 8.06. The van der Waals surface area contributed by atoms with E-state index in [9.17, 15) is 13.2 Å². The largest absolute Gasteiger partial charge is 0.397 e. The Labute approximate surface area is 240 Å². The molecule has 3 aromatic carbocycles. The lowest BCUT2D eigenvalue weighted by Gasteiger charge is -2.42. The Hall–Kier alpha value is -2.58. The second-order valence-corrected chi connectivity index (χ2v) is 13.3. The van der Waals surface area contributed by atoms with Gasteiger partial charge in [0.1, 0.15) is 0 Å². The minimum Gasteiger partial charge on any atom is -0.397 e. The van der Waals surface area contributed by atoms with Crippen molar-refractivity contribution in [3.8, 4) is 0 Å². The maximum atomic E-state index is 13.0. The standard InChI is InChI=1S/C30H33Cl2N3O3S/c31-23-3-1-4-26(20-23)39(37,38)25-9-7-21(8-10-25)19-22-11-15-34(16-12-22)24-13-17-35(18-14-24)30(36)27-5-2-6-28(32)29(27)33/h1-10,20,22,24H,11-19,33H2. The van der Waals surface area contributed by atoms with Crippen molar-refractivity contribution < 1.29 is 13.2 Å². The summed E-state index contributed by atoms with van der Waals surface area (Å²) >= 11 is 12.1. The smallest absolute Gasteiger partial charge is 0.255 e. The predicted molar refractivity (Wildman–Crippen MR) is 156 cm³/mol. The molecule has 0 bridgehead atoms. The number of halogens is 2. The van der Waals surface area contributed by atoms with Crippen molar-refractivity contribution in [3.05, 3.63) is 87.9 Å². The molecule has 3 aromatic rings. The van der Waals surface area contributed by atoms with Crippen LogP contribution in [0.2, 0.25) is 10.0 Å². The van der Waals surface area contributed by atoms with Gasteiger partial charge in [-0.3, -0.25) is 4.79 Å². The van der Waals surface area contributed by atoms with Crippen LogP contribution in [-0.2, 0) is 16.3 Å². The summed E-state index contributed by atoms with van der Waals surface area (Å²) < 4.78 is 25.9. The van der Waals surface area contributed by atoms with Crippen LogP contribution < -0.4 is 5.73 Å². The number of hydrogen-bond donors (Lipinski definition) is 1. The first-order valence-corrected chi connectivity index (χ1v) is 15.6. The molecular formula is C30H33Cl2N3O3S. The van der Waals surface area contributed by atoms with E-state index in [1.165, 1.54) is 6.07 Å². The fourth-order valence-electron chi connectivity index (χ4n) is 5.76. The summed E-state index contributed by atoms with van der Waals surface area (Å²) in [6.45, 7) is 3.54. The summed E-state index contributed by atoms with van der Waals surface area (Å²) in [7, 11) is -3.59. The highest BCUT2D eigenvalue weighted by Crippen LogP contribution is 2.29. The number of nitrogen functional groups attached to an aromatic ring is 1. The van der Waals surface area contributed by atoms with E-state index in [2.05, 4.69) is 4.90 Å². The van der Waals surface area contributed by atoms with Gasteiger partial charge in [0, 0.05) is 24.2 Å². The summed E-state index contributed by atoms with van der Waals surface area (Å²) in [5.74, 6) is 0.530. The first-order valence-electron chi connectivity index (χ1n) is 13.4. The van der Waals surface area contributed by atoms with E-state index in [0.717, 1.165) is 63.8 Å². The highest BCUT2D eigenvalue weighted by atomic mass is 35.5. The summed E-state index contributed by atoms with van der Waals surface area (Å²) in [6, 6.07) is 19.3. The first-order chi connectivity index (χ1) is 18.7. The number of piperidine rings is 2. The zero-order valence-corrected chi connectivity index (χ0v) is 24.1. The molecule has 5 rings (SSSR count). The molecule has 0 saturated carbocycles. The molecule has 0 spiro atoms. The molecule has 0 aliphatic carbocycles. The molecule has 2 N–H and O–H groups in total. The van der Waals surface area contributed by atoms with Gasteiger partial charge in [-0.05, 0) is 99.1 Å². The number of hydrogen-bond acceptors (Lipinski definition) is 5. The number of rotatable bonds is 6. The summed E-state index contributed by atoms with van der Waals surface area (Å²) in [6.07, 6.45) is 5.08. The Morgan fingerprint density at radius 3 is 2.18 bits per heavy atom. The van der Waals surface area contributed by atoms with Crippen LogP contribution in [0.5, 0.6) is 0 Å². The van der Waals surface area contributed by atoms with Crippen molar-refractivity contribution in [2.75, 3.05) is 31.9 Å². The van der Waals surface area contributed by atoms with Gasteiger partial charge < -0.3 is 15.5 Å². The summed E-state index contributed by atoms with van der Waals surface area (Å²) in [4.78, 5) is 17.9. The van der Waals surface area contributed by atoms with E-state index < -0.39 is 9.84 Å². The van der Waals surface area contributed by atoms with Gasteiger partial charge >= 0.3 is 0 Å². The summed E-state index contributed by atoms with van der Waals surface area (Å²) in [5, 5.41) is 0.818. The Morgan fingerprint density at radius 2 is 1.51 bits per heavy atom. The molecule has 0 radical (unpaired) electrons. The van der Waals surface area contributed by atoms with Crippen LogP contribution in [0.1, 0.15) is 41.6 Å². The first kappa shape index (κ1) is 28.0. The Morgan fingerprint density at radius 1 is 0.846 bits per heavy atom. The predicted octanol–water partition coefficient (Wildman–Crippen LogP) is 5.97. The molecule has 0 atom stereocenters. The number of benzene rings is 3. The van der Waals surface area contributed by atoms with Crippen LogP contribution in [-0.4, -0.2) is 56.3 Å². The van der Waals surface area contributed by atoms with Gasteiger partial charge in [-0.15, -0.1) is 0 Å². The zero-order valence-electron chi connectivity index (χ0n) is 21.7. The molecule has 0 aromatic heterocycles. The van der Waals surface area contributed by atoms with Gasteiger partial charge in [-0.1, -0.05) is 47.5 Å². The molecule has 2 fully saturated rings. The van der Waals surface area contributed by atoms with Crippen molar-refractivity contribution in [1.82, 2.24) is 9.80 Å². The lowest BCUT2D eigenvalue weighted by atomic mass is 9.88. The van der Waals surface area contributed by atoms with Gasteiger partial charge in [0.05, 0.1) is 26.1 Å². The van der Waals surface area contributed by atoms with Crippen molar-refractivity contribution in [1.29, 1.82) is 0 Å². The van der Waals surface area contributed by atoms with Crippen LogP contribution in [0, 0.1) is 5.92 Å². The van der Waals surface area contributed by atoms with E-state index in [4.69, 9.17) is 28.9 Å². The van der Waals surface area contributed by atoms with Gasteiger partial charge in [-0.25, -0.2) is 8.42 Å².